The first-order chi connectivity index (χ1) is 12.5. The monoisotopic (exact) mass is 358 g/mol. The van der Waals surface area contributed by atoms with Crippen molar-refractivity contribution in [3.63, 3.8) is 0 Å². The van der Waals surface area contributed by atoms with E-state index in [1.807, 2.05) is 12.1 Å². The van der Waals surface area contributed by atoms with E-state index in [9.17, 15) is 15.0 Å². The largest absolute Gasteiger partial charge is 0.504 e. The van der Waals surface area contributed by atoms with Crippen LogP contribution in [0, 0.1) is 11.8 Å². The molecular formula is C20H22O6. The van der Waals surface area contributed by atoms with Gasteiger partial charge in [-0.2, -0.15) is 0 Å². The molecule has 2 atom stereocenters. The van der Waals surface area contributed by atoms with Gasteiger partial charge < -0.3 is 24.4 Å². The fourth-order valence-electron chi connectivity index (χ4n) is 3.34. The van der Waals surface area contributed by atoms with Gasteiger partial charge in [0.2, 0.25) is 0 Å². The van der Waals surface area contributed by atoms with Gasteiger partial charge in [-0.05, 0) is 48.2 Å². The fourth-order valence-corrected chi connectivity index (χ4v) is 3.34. The molecule has 0 radical (unpaired) electrons. The number of rotatable bonds is 6. The Morgan fingerprint density at radius 3 is 2.00 bits per heavy atom. The van der Waals surface area contributed by atoms with Crippen molar-refractivity contribution >= 4 is 5.97 Å². The Morgan fingerprint density at radius 1 is 0.962 bits per heavy atom. The SMILES string of the molecule is COc1ccc(C[C@@H]2COC(=O)[C@H]2Cc2ccc(OC)c(O)c2)cc1O. The first kappa shape index (κ1) is 17.9. The summed E-state index contributed by atoms with van der Waals surface area (Å²) in [4.78, 5) is 12.2. The van der Waals surface area contributed by atoms with Gasteiger partial charge in [0.15, 0.2) is 23.0 Å². The molecule has 0 amide bonds. The quantitative estimate of drug-likeness (QED) is 0.773. The standard InChI is InChI=1S/C20H22O6/c1-24-18-5-3-12(9-16(18)21)7-14-11-26-20(23)15(14)8-13-4-6-19(25-2)17(22)10-13/h3-6,9-10,14-15,21-22H,7-8,11H2,1-2H3/t14-,15+/m1/s1. The predicted octanol–water partition coefficient (Wildman–Crippen LogP) is 2.69. The molecule has 0 aromatic heterocycles. The maximum atomic E-state index is 12.2. The molecule has 138 valence electrons. The average Bonchev–Trinajstić information content (AvgIpc) is 2.95. The molecule has 0 spiro atoms. The Labute approximate surface area is 151 Å². The van der Waals surface area contributed by atoms with Gasteiger partial charge >= 0.3 is 5.97 Å². The fraction of sp³-hybridized carbons (Fsp3) is 0.350. The molecule has 26 heavy (non-hydrogen) atoms. The maximum absolute atomic E-state index is 12.2. The van der Waals surface area contributed by atoms with Crippen molar-refractivity contribution in [2.75, 3.05) is 20.8 Å². The summed E-state index contributed by atoms with van der Waals surface area (Å²) in [5.41, 5.74) is 1.75. The number of phenolic OH excluding ortho intramolecular Hbond substituents is 2. The summed E-state index contributed by atoms with van der Waals surface area (Å²) in [6, 6.07) is 10.4. The van der Waals surface area contributed by atoms with E-state index in [4.69, 9.17) is 14.2 Å². The number of benzene rings is 2. The second-order valence-corrected chi connectivity index (χ2v) is 6.42. The maximum Gasteiger partial charge on any atom is 0.309 e. The molecule has 1 aliphatic rings. The number of esters is 1. The summed E-state index contributed by atoms with van der Waals surface area (Å²) in [5.74, 6) is 0.403. The zero-order valence-corrected chi connectivity index (χ0v) is 14.8. The van der Waals surface area contributed by atoms with Crippen LogP contribution in [0.5, 0.6) is 23.0 Å². The number of hydrogen-bond acceptors (Lipinski definition) is 6. The van der Waals surface area contributed by atoms with Crippen molar-refractivity contribution in [3.8, 4) is 23.0 Å². The van der Waals surface area contributed by atoms with Crippen LogP contribution >= 0.6 is 0 Å². The van der Waals surface area contributed by atoms with Crippen molar-refractivity contribution in [1.82, 2.24) is 0 Å². The number of ether oxygens (including phenoxy) is 3. The second kappa shape index (κ2) is 7.56. The number of phenols is 2. The van der Waals surface area contributed by atoms with Crippen LogP contribution in [-0.2, 0) is 22.4 Å². The van der Waals surface area contributed by atoms with Gasteiger partial charge in [0.25, 0.3) is 0 Å². The van der Waals surface area contributed by atoms with E-state index >= 15 is 0 Å². The number of cyclic esters (lactones) is 1. The van der Waals surface area contributed by atoms with Crippen molar-refractivity contribution in [2.24, 2.45) is 11.8 Å². The highest BCUT2D eigenvalue weighted by atomic mass is 16.5. The molecule has 2 aromatic rings. The molecule has 3 rings (SSSR count). The second-order valence-electron chi connectivity index (χ2n) is 6.42. The van der Waals surface area contributed by atoms with E-state index in [2.05, 4.69) is 0 Å². The van der Waals surface area contributed by atoms with Gasteiger partial charge in [-0.15, -0.1) is 0 Å². The van der Waals surface area contributed by atoms with Crippen LogP contribution in [0.15, 0.2) is 36.4 Å². The Hall–Kier alpha value is -2.89. The zero-order chi connectivity index (χ0) is 18.7. The van der Waals surface area contributed by atoms with Crippen LogP contribution in [0.4, 0.5) is 0 Å². The van der Waals surface area contributed by atoms with Crippen LogP contribution < -0.4 is 9.47 Å². The lowest BCUT2D eigenvalue weighted by molar-refractivity contribution is -0.141. The van der Waals surface area contributed by atoms with E-state index in [-0.39, 0.29) is 29.3 Å². The highest BCUT2D eigenvalue weighted by Gasteiger charge is 2.37. The van der Waals surface area contributed by atoms with Crippen LogP contribution in [0.1, 0.15) is 11.1 Å². The minimum atomic E-state index is -0.299. The van der Waals surface area contributed by atoms with Gasteiger partial charge in [0.05, 0.1) is 26.7 Å². The number of hydrogen-bond donors (Lipinski definition) is 2. The lowest BCUT2D eigenvalue weighted by Gasteiger charge is -2.16. The lowest BCUT2D eigenvalue weighted by atomic mass is 9.85. The predicted molar refractivity (Wildman–Crippen MR) is 94.7 cm³/mol. The van der Waals surface area contributed by atoms with E-state index in [0.29, 0.717) is 30.9 Å². The Morgan fingerprint density at radius 2 is 1.50 bits per heavy atom. The van der Waals surface area contributed by atoms with Crippen molar-refractivity contribution in [1.29, 1.82) is 0 Å². The van der Waals surface area contributed by atoms with Gasteiger partial charge in [-0.3, -0.25) is 4.79 Å². The zero-order valence-electron chi connectivity index (χ0n) is 14.8. The van der Waals surface area contributed by atoms with Gasteiger partial charge in [-0.25, -0.2) is 0 Å². The highest BCUT2D eigenvalue weighted by Crippen LogP contribution is 2.34. The molecule has 0 aliphatic carbocycles. The third-order valence-electron chi connectivity index (χ3n) is 4.75. The average molecular weight is 358 g/mol. The topological polar surface area (TPSA) is 85.2 Å². The lowest BCUT2D eigenvalue weighted by Crippen LogP contribution is -2.20. The molecule has 2 aromatic carbocycles. The van der Waals surface area contributed by atoms with Gasteiger partial charge in [0, 0.05) is 5.92 Å². The first-order valence-electron chi connectivity index (χ1n) is 8.40. The minimum Gasteiger partial charge on any atom is -0.504 e. The summed E-state index contributed by atoms with van der Waals surface area (Å²) in [6.45, 7) is 0.346. The minimum absolute atomic E-state index is 0.000426. The molecule has 2 N–H and O–H groups in total. The van der Waals surface area contributed by atoms with E-state index in [1.54, 1.807) is 24.3 Å². The van der Waals surface area contributed by atoms with Crippen LogP contribution in [0.2, 0.25) is 0 Å². The van der Waals surface area contributed by atoms with Crippen molar-refractivity contribution in [2.45, 2.75) is 12.8 Å². The third-order valence-corrected chi connectivity index (χ3v) is 4.75. The number of carbonyl (C=O) groups is 1. The van der Waals surface area contributed by atoms with Crippen molar-refractivity contribution < 1.29 is 29.2 Å². The number of carbonyl (C=O) groups excluding carboxylic acids is 1. The molecular weight excluding hydrogens is 336 g/mol. The number of methoxy groups -OCH3 is 2. The smallest absolute Gasteiger partial charge is 0.309 e. The Balaban J connectivity index is 1.74. The molecule has 6 heteroatoms. The Kier molecular flexibility index (Phi) is 5.21. The van der Waals surface area contributed by atoms with Crippen LogP contribution in [-0.4, -0.2) is 37.0 Å². The molecule has 1 saturated heterocycles. The molecule has 0 unspecified atom stereocenters. The van der Waals surface area contributed by atoms with E-state index < -0.39 is 0 Å². The van der Waals surface area contributed by atoms with Crippen LogP contribution in [0.3, 0.4) is 0 Å². The highest BCUT2D eigenvalue weighted by molar-refractivity contribution is 5.75. The summed E-state index contributed by atoms with van der Waals surface area (Å²) in [7, 11) is 2.99. The molecule has 1 fully saturated rings. The molecule has 1 aliphatic heterocycles. The van der Waals surface area contributed by atoms with E-state index in [0.717, 1.165) is 11.1 Å². The molecule has 0 saturated carbocycles. The Bertz CT molecular complexity index is 801. The first-order valence-corrected chi connectivity index (χ1v) is 8.40. The van der Waals surface area contributed by atoms with Gasteiger partial charge in [0.1, 0.15) is 0 Å². The van der Waals surface area contributed by atoms with Crippen molar-refractivity contribution in [3.05, 3.63) is 47.5 Å². The van der Waals surface area contributed by atoms with Gasteiger partial charge in [-0.1, -0.05) is 12.1 Å². The summed E-state index contributed by atoms with van der Waals surface area (Å²) in [6.07, 6.45) is 1.08. The number of aromatic hydroxyl groups is 2. The summed E-state index contributed by atoms with van der Waals surface area (Å²) < 4.78 is 15.4. The summed E-state index contributed by atoms with van der Waals surface area (Å²) >= 11 is 0. The normalized spacial score (nSPS) is 19.2. The molecule has 0 bridgehead atoms. The molecule has 6 nitrogen and oxygen atoms in total. The molecule has 1 heterocycles. The third kappa shape index (κ3) is 3.69. The van der Waals surface area contributed by atoms with Crippen LogP contribution in [0.25, 0.3) is 0 Å². The summed E-state index contributed by atoms with van der Waals surface area (Å²) in [5, 5.41) is 19.9. The van der Waals surface area contributed by atoms with E-state index in [1.165, 1.54) is 14.2 Å².